The van der Waals surface area contributed by atoms with Gasteiger partial charge >= 0.3 is 5.97 Å². The van der Waals surface area contributed by atoms with E-state index in [1.54, 1.807) is 31.2 Å². The lowest BCUT2D eigenvalue weighted by molar-refractivity contribution is -0.136. The second kappa shape index (κ2) is 7.93. The van der Waals surface area contributed by atoms with Gasteiger partial charge in [0.1, 0.15) is 0 Å². The lowest BCUT2D eigenvalue weighted by Crippen LogP contribution is -2.26. The van der Waals surface area contributed by atoms with Gasteiger partial charge in [-0.3, -0.25) is 14.4 Å². The maximum Gasteiger partial charge on any atom is 0.305 e. The van der Waals surface area contributed by atoms with Crippen molar-refractivity contribution in [1.29, 1.82) is 0 Å². The van der Waals surface area contributed by atoms with Crippen molar-refractivity contribution < 1.29 is 19.5 Å². The van der Waals surface area contributed by atoms with E-state index in [0.29, 0.717) is 18.5 Å². The summed E-state index contributed by atoms with van der Waals surface area (Å²) in [5.74, 6) is -1.29. The Morgan fingerprint density at radius 2 is 1.75 bits per heavy atom. The van der Waals surface area contributed by atoms with E-state index >= 15 is 0 Å². The van der Waals surface area contributed by atoms with Crippen LogP contribution in [0, 0.1) is 0 Å². The SMILES string of the molecule is CCC(=O)NCc1ccc(C(=O)NCCC(=O)O)cc1. The summed E-state index contributed by atoms with van der Waals surface area (Å²) in [4.78, 5) is 33.1. The average molecular weight is 278 g/mol. The fraction of sp³-hybridized carbons (Fsp3) is 0.357. The van der Waals surface area contributed by atoms with Gasteiger partial charge in [-0.05, 0) is 17.7 Å². The number of hydrogen-bond acceptors (Lipinski definition) is 3. The van der Waals surface area contributed by atoms with Gasteiger partial charge in [0.25, 0.3) is 5.91 Å². The molecular weight excluding hydrogens is 260 g/mol. The molecule has 6 heteroatoms. The number of nitrogens with one attached hydrogen (secondary N) is 2. The molecule has 1 rings (SSSR count). The van der Waals surface area contributed by atoms with Crippen LogP contribution in [0.1, 0.15) is 35.7 Å². The molecule has 0 bridgehead atoms. The van der Waals surface area contributed by atoms with Crippen molar-refractivity contribution in [1.82, 2.24) is 10.6 Å². The minimum absolute atomic E-state index is 0.0273. The molecule has 0 atom stereocenters. The minimum atomic E-state index is -0.952. The van der Waals surface area contributed by atoms with Crippen LogP contribution < -0.4 is 10.6 Å². The predicted octanol–water partition coefficient (Wildman–Crippen LogP) is 0.917. The van der Waals surface area contributed by atoms with E-state index in [9.17, 15) is 14.4 Å². The van der Waals surface area contributed by atoms with Crippen LogP contribution in [-0.2, 0) is 16.1 Å². The molecule has 0 fully saturated rings. The molecule has 108 valence electrons. The van der Waals surface area contributed by atoms with Gasteiger partial charge in [-0.15, -0.1) is 0 Å². The van der Waals surface area contributed by atoms with Crippen LogP contribution in [0.15, 0.2) is 24.3 Å². The van der Waals surface area contributed by atoms with Gasteiger partial charge in [0.15, 0.2) is 0 Å². The van der Waals surface area contributed by atoms with E-state index in [1.165, 1.54) is 0 Å². The van der Waals surface area contributed by atoms with Crippen LogP contribution in [0.5, 0.6) is 0 Å². The topological polar surface area (TPSA) is 95.5 Å². The first kappa shape index (κ1) is 15.7. The lowest BCUT2D eigenvalue weighted by atomic mass is 10.1. The molecule has 0 aliphatic rings. The number of carbonyl (C=O) groups is 3. The van der Waals surface area contributed by atoms with Crippen molar-refractivity contribution in [2.45, 2.75) is 26.3 Å². The average Bonchev–Trinajstić information content (AvgIpc) is 2.44. The number of aliphatic carboxylic acids is 1. The Balaban J connectivity index is 2.46. The summed E-state index contributed by atoms with van der Waals surface area (Å²) in [6.45, 7) is 2.30. The molecule has 0 saturated carbocycles. The summed E-state index contributed by atoms with van der Waals surface area (Å²) in [7, 11) is 0. The number of hydrogen-bond donors (Lipinski definition) is 3. The van der Waals surface area contributed by atoms with Crippen molar-refractivity contribution in [3.8, 4) is 0 Å². The van der Waals surface area contributed by atoms with Gasteiger partial charge in [-0.2, -0.15) is 0 Å². The van der Waals surface area contributed by atoms with Crippen LogP contribution in [-0.4, -0.2) is 29.4 Å². The van der Waals surface area contributed by atoms with Gasteiger partial charge in [-0.1, -0.05) is 19.1 Å². The fourth-order valence-electron chi connectivity index (χ4n) is 1.48. The third-order valence-corrected chi connectivity index (χ3v) is 2.65. The molecule has 6 nitrogen and oxygen atoms in total. The van der Waals surface area contributed by atoms with Crippen LogP contribution in [0.3, 0.4) is 0 Å². The van der Waals surface area contributed by atoms with Gasteiger partial charge < -0.3 is 15.7 Å². The van der Waals surface area contributed by atoms with Crippen molar-refractivity contribution in [3.05, 3.63) is 35.4 Å². The number of carboxylic acid groups (broad SMARTS) is 1. The number of rotatable bonds is 7. The van der Waals surface area contributed by atoms with Gasteiger partial charge in [-0.25, -0.2) is 0 Å². The van der Waals surface area contributed by atoms with Crippen LogP contribution in [0.2, 0.25) is 0 Å². The number of carbonyl (C=O) groups excluding carboxylic acids is 2. The van der Waals surface area contributed by atoms with Gasteiger partial charge in [0.05, 0.1) is 6.42 Å². The zero-order valence-electron chi connectivity index (χ0n) is 11.3. The maximum absolute atomic E-state index is 11.7. The maximum atomic E-state index is 11.7. The highest BCUT2D eigenvalue weighted by atomic mass is 16.4. The highest BCUT2D eigenvalue weighted by molar-refractivity contribution is 5.94. The standard InChI is InChI=1S/C14H18N2O4/c1-2-12(17)16-9-10-3-5-11(6-4-10)14(20)15-8-7-13(18)19/h3-6H,2,7-9H2,1H3,(H,15,20)(H,16,17)(H,18,19). The normalized spacial score (nSPS) is 9.85. The van der Waals surface area contributed by atoms with E-state index < -0.39 is 5.97 Å². The van der Waals surface area contributed by atoms with Crippen molar-refractivity contribution in [2.75, 3.05) is 6.54 Å². The summed E-state index contributed by atoms with van der Waals surface area (Å²) in [5, 5.41) is 13.7. The summed E-state index contributed by atoms with van der Waals surface area (Å²) in [5.41, 5.74) is 1.36. The number of benzene rings is 1. The molecule has 0 aromatic heterocycles. The largest absolute Gasteiger partial charge is 0.481 e. The molecule has 2 amide bonds. The van der Waals surface area contributed by atoms with E-state index in [4.69, 9.17) is 5.11 Å². The van der Waals surface area contributed by atoms with E-state index in [2.05, 4.69) is 10.6 Å². The van der Waals surface area contributed by atoms with Crippen molar-refractivity contribution in [3.63, 3.8) is 0 Å². The Hall–Kier alpha value is -2.37. The van der Waals surface area contributed by atoms with Crippen LogP contribution in [0.25, 0.3) is 0 Å². The summed E-state index contributed by atoms with van der Waals surface area (Å²) >= 11 is 0. The number of amides is 2. The molecule has 0 aliphatic heterocycles. The molecule has 0 unspecified atom stereocenters. The Morgan fingerprint density at radius 3 is 2.30 bits per heavy atom. The smallest absolute Gasteiger partial charge is 0.305 e. The lowest BCUT2D eigenvalue weighted by Gasteiger charge is -2.06. The predicted molar refractivity (Wildman–Crippen MR) is 73.2 cm³/mol. The van der Waals surface area contributed by atoms with Crippen LogP contribution >= 0.6 is 0 Å². The van der Waals surface area contributed by atoms with E-state index in [0.717, 1.165) is 5.56 Å². The molecule has 0 heterocycles. The van der Waals surface area contributed by atoms with Crippen molar-refractivity contribution in [2.24, 2.45) is 0 Å². The second-order valence-corrected chi connectivity index (χ2v) is 4.23. The molecule has 1 aromatic carbocycles. The molecule has 0 radical (unpaired) electrons. The first-order valence-corrected chi connectivity index (χ1v) is 6.38. The van der Waals surface area contributed by atoms with E-state index in [-0.39, 0.29) is 24.8 Å². The zero-order valence-corrected chi connectivity index (χ0v) is 11.3. The zero-order chi connectivity index (χ0) is 15.0. The summed E-state index contributed by atoms with van der Waals surface area (Å²) in [6, 6.07) is 6.79. The van der Waals surface area contributed by atoms with Crippen LogP contribution in [0.4, 0.5) is 0 Å². The second-order valence-electron chi connectivity index (χ2n) is 4.23. The van der Waals surface area contributed by atoms with Crippen molar-refractivity contribution >= 4 is 17.8 Å². The van der Waals surface area contributed by atoms with Gasteiger partial charge in [0.2, 0.25) is 5.91 Å². The molecule has 0 aliphatic carbocycles. The molecule has 1 aromatic rings. The monoisotopic (exact) mass is 278 g/mol. The Labute approximate surface area is 117 Å². The summed E-state index contributed by atoms with van der Waals surface area (Å²) in [6.07, 6.45) is 0.330. The number of carboxylic acids is 1. The molecule has 3 N–H and O–H groups in total. The fourth-order valence-corrected chi connectivity index (χ4v) is 1.48. The third kappa shape index (κ3) is 5.51. The molecular formula is C14H18N2O4. The summed E-state index contributed by atoms with van der Waals surface area (Å²) < 4.78 is 0. The highest BCUT2D eigenvalue weighted by Crippen LogP contribution is 2.04. The molecule has 0 spiro atoms. The Morgan fingerprint density at radius 1 is 1.10 bits per heavy atom. The Bertz CT molecular complexity index is 482. The minimum Gasteiger partial charge on any atom is -0.481 e. The third-order valence-electron chi connectivity index (χ3n) is 2.65. The highest BCUT2D eigenvalue weighted by Gasteiger charge is 2.06. The van der Waals surface area contributed by atoms with Gasteiger partial charge in [0, 0.05) is 25.1 Å². The van der Waals surface area contributed by atoms with E-state index in [1.807, 2.05) is 0 Å². The first-order valence-electron chi connectivity index (χ1n) is 6.38. The molecule has 20 heavy (non-hydrogen) atoms. The quantitative estimate of drug-likeness (QED) is 0.691. The first-order chi connectivity index (χ1) is 9.52. The Kier molecular flexibility index (Phi) is 6.22. The molecule has 0 saturated heterocycles.